The maximum absolute atomic E-state index is 5.94. The average Bonchev–Trinajstić information content (AvgIpc) is 3.40. The molecule has 3 aromatic rings. The summed E-state index contributed by atoms with van der Waals surface area (Å²) < 4.78 is 11.8. The molecule has 1 atom stereocenters. The van der Waals surface area contributed by atoms with Gasteiger partial charge < -0.3 is 9.15 Å². The van der Waals surface area contributed by atoms with Crippen LogP contribution in [-0.2, 0) is 17.8 Å². The molecular formula is C21H24N2O2S. The summed E-state index contributed by atoms with van der Waals surface area (Å²) in [5.41, 5.74) is 2.03. The van der Waals surface area contributed by atoms with Crippen molar-refractivity contribution in [2.45, 2.75) is 39.0 Å². The molecule has 26 heavy (non-hydrogen) atoms. The highest BCUT2D eigenvalue weighted by Gasteiger charge is 2.22. The van der Waals surface area contributed by atoms with Crippen molar-refractivity contribution >= 4 is 11.3 Å². The van der Waals surface area contributed by atoms with Gasteiger partial charge in [0.2, 0.25) is 5.89 Å². The van der Waals surface area contributed by atoms with Crippen molar-refractivity contribution in [2.24, 2.45) is 0 Å². The van der Waals surface area contributed by atoms with E-state index in [1.807, 2.05) is 37.3 Å². The van der Waals surface area contributed by atoms with Crippen LogP contribution >= 0.6 is 11.3 Å². The molecule has 1 unspecified atom stereocenters. The molecule has 0 amide bonds. The Morgan fingerprint density at radius 2 is 2.04 bits per heavy atom. The predicted molar refractivity (Wildman–Crippen MR) is 104 cm³/mol. The Balaban J connectivity index is 1.51. The Morgan fingerprint density at radius 1 is 1.15 bits per heavy atom. The van der Waals surface area contributed by atoms with Gasteiger partial charge in [-0.3, -0.25) is 4.90 Å². The molecule has 0 radical (unpaired) electrons. The van der Waals surface area contributed by atoms with Gasteiger partial charge in [-0.2, -0.15) is 0 Å². The van der Waals surface area contributed by atoms with Crippen molar-refractivity contribution in [1.82, 2.24) is 9.88 Å². The topological polar surface area (TPSA) is 38.5 Å². The second kappa shape index (κ2) is 8.16. The lowest BCUT2D eigenvalue weighted by Crippen LogP contribution is -2.31. The number of nitrogens with zero attached hydrogens (tertiary/aromatic N) is 2. The number of aryl methyl sites for hydroxylation is 1. The highest BCUT2D eigenvalue weighted by Crippen LogP contribution is 2.24. The molecule has 3 heterocycles. The van der Waals surface area contributed by atoms with Crippen molar-refractivity contribution in [3.05, 3.63) is 64.2 Å². The Hall–Kier alpha value is -1.95. The van der Waals surface area contributed by atoms with E-state index < -0.39 is 0 Å². The molecule has 1 aromatic carbocycles. The molecule has 5 heteroatoms. The Labute approximate surface area is 158 Å². The molecular weight excluding hydrogens is 344 g/mol. The number of rotatable bonds is 7. The van der Waals surface area contributed by atoms with Crippen LogP contribution in [0, 0.1) is 6.92 Å². The number of thiophene rings is 1. The number of benzene rings is 1. The van der Waals surface area contributed by atoms with Crippen molar-refractivity contribution in [3.63, 3.8) is 0 Å². The van der Waals surface area contributed by atoms with E-state index in [0.29, 0.717) is 12.0 Å². The molecule has 0 bridgehead atoms. The number of hydrogen-bond donors (Lipinski definition) is 0. The van der Waals surface area contributed by atoms with E-state index in [2.05, 4.69) is 22.4 Å². The van der Waals surface area contributed by atoms with Crippen LogP contribution in [0.2, 0.25) is 0 Å². The summed E-state index contributed by atoms with van der Waals surface area (Å²) in [5.74, 6) is 1.60. The van der Waals surface area contributed by atoms with Gasteiger partial charge in [-0.15, -0.1) is 11.3 Å². The van der Waals surface area contributed by atoms with Crippen LogP contribution in [0.3, 0.4) is 0 Å². The average molecular weight is 369 g/mol. The predicted octanol–water partition coefficient (Wildman–Crippen LogP) is 4.89. The number of ether oxygens (including phenoxy) is 1. The molecule has 4 nitrogen and oxygen atoms in total. The zero-order valence-electron chi connectivity index (χ0n) is 15.1. The fourth-order valence-corrected chi connectivity index (χ4v) is 4.12. The lowest BCUT2D eigenvalue weighted by atomic mass is 10.2. The van der Waals surface area contributed by atoms with E-state index in [9.17, 15) is 0 Å². The van der Waals surface area contributed by atoms with Crippen LogP contribution in [0.25, 0.3) is 11.5 Å². The van der Waals surface area contributed by atoms with Crippen molar-refractivity contribution in [1.29, 1.82) is 0 Å². The monoisotopic (exact) mass is 368 g/mol. The van der Waals surface area contributed by atoms with Crippen LogP contribution in [0.5, 0.6) is 0 Å². The standard InChI is InChI=1S/C21H24N2O2S/c1-16-20(22-21(25-16)17-7-3-2-4-8-17)15-23(13-18-9-5-11-24-18)14-19-10-6-12-26-19/h2-4,6-8,10,12,18H,5,9,11,13-15H2,1H3. The maximum Gasteiger partial charge on any atom is 0.226 e. The van der Waals surface area contributed by atoms with Crippen LogP contribution in [0.4, 0.5) is 0 Å². The van der Waals surface area contributed by atoms with Gasteiger partial charge in [0.1, 0.15) is 5.76 Å². The second-order valence-electron chi connectivity index (χ2n) is 6.77. The highest BCUT2D eigenvalue weighted by molar-refractivity contribution is 7.09. The van der Waals surface area contributed by atoms with Gasteiger partial charge in [-0.1, -0.05) is 24.3 Å². The van der Waals surface area contributed by atoms with Gasteiger partial charge in [-0.05, 0) is 43.3 Å². The van der Waals surface area contributed by atoms with E-state index in [1.165, 1.54) is 11.3 Å². The fourth-order valence-electron chi connectivity index (χ4n) is 3.37. The largest absolute Gasteiger partial charge is 0.441 e. The van der Waals surface area contributed by atoms with Crippen molar-refractivity contribution in [3.8, 4) is 11.5 Å². The van der Waals surface area contributed by atoms with Crippen LogP contribution in [0.1, 0.15) is 29.2 Å². The quantitative estimate of drug-likeness (QED) is 0.595. The summed E-state index contributed by atoms with van der Waals surface area (Å²) in [6.07, 6.45) is 2.64. The van der Waals surface area contributed by atoms with Gasteiger partial charge in [0.05, 0.1) is 11.8 Å². The van der Waals surface area contributed by atoms with Crippen LogP contribution in [0.15, 0.2) is 52.3 Å². The third-order valence-electron chi connectivity index (χ3n) is 4.73. The first-order valence-electron chi connectivity index (χ1n) is 9.16. The zero-order chi connectivity index (χ0) is 17.8. The van der Waals surface area contributed by atoms with Gasteiger partial charge in [0.25, 0.3) is 0 Å². The molecule has 4 rings (SSSR count). The minimum atomic E-state index is 0.329. The van der Waals surface area contributed by atoms with Gasteiger partial charge >= 0.3 is 0 Å². The molecule has 1 fully saturated rings. The normalized spacial score (nSPS) is 17.2. The van der Waals surface area contributed by atoms with E-state index in [4.69, 9.17) is 14.1 Å². The minimum Gasteiger partial charge on any atom is -0.441 e. The van der Waals surface area contributed by atoms with Gasteiger partial charge in [0.15, 0.2) is 0 Å². The molecule has 136 valence electrons. The van der Waals surface area contributed by atoms with Gasteiger partial charge in [0, 0.05) is 36.7 Å². The lowest BCUT2D eigenvalue weighted by molar-refractivity contribution is 0.0677. The number of hydrogen-bond acceptors (Lipinski definition) is 5. The zero-order valence-corrected chi connectivity index (χ0v) is 15.9. The van der Waals surface area contributed by atoms with Crippen LogP contribution < -0.4 is 0 Å². The smallest absolute Gasteiger partial charge is 0.226 e. The molecule has 1 aliphatic rings. The van der Waals surface area contributed by atoms with E-state index >= 15 is 0 Å². The summed E-state index contributed by atoms with van der Waals surface area (Å²) in [6, 6.07) is 14.4. The molecule has 1 aliphatic heterocycles. The third kappa shape index (κ3) is 4.23. The summed E-state index contributed by atoms with van der Waals surface area (Å²) >= 11 is 1.80. The fraction of sp³-hybridized carbons (Fsp3) is 0.381. The SMILES string of the molecule is Cc1oc(-c2ccccc2)nc1CN(Cc1cccs1)CC1CCCO1. The Morgan fingerprint density at radius 3 is 2.77 bits per heavy atom. The molecule has 0 spiro atoms. The molecule has 2 aromatic heterocycles. The van der Waals surface area contributed by atoms with E-state index in [-0.39, 0.29) is 0 Å². The van der Waals surface area contributed by atoms with E-state index in [0.717, 1.165) is 49.7 Å². The van der Waals surface area contributed by atoms with Gasteiger partial charge in [-0.25, -0.2) is 4.98 Å². The van der Waals surface area contributed by atoms with Crippen molar-refractivity contribution in [2.75, 3.05) is 13.2 Å². The Kier molecular flexibility index (Phi) is 5.48. The number of aromatic nitrogens is 1. The molecule has 0 N–H and O–H groups in total. The summed E-state index contributed by atoms with van der Waals surface area (Å²) in [4.78, 5) is 8.58. The lowest BCUT2D eigenvalue weighted by Gasteiger charge is -2.24. The second-order valence-corrected chi connectivity index (χ2v) is 7.80. The first kappa shape index (κ1) is 17.5. The maximum atomic E-state index is 5.94. The first-order valence-corrected chi connectivity index (χ1v) is 10.0. The third-order valence-corrected chi connectivity index (χ3v) is 5.59. The summed E-state index contributed by atoms with van der Waals surface area (Å²) in [5, 5.41) is 2.13. The number of oxazole rings is 1. The minimum absolute atomic E-state index is 0.329. The summed E-state index contributed by atoms with van der Waals surface area (Å²) in [7, 11) is 0. The molecule has 1 saturated heterocycles. The van der Waals surface area contributed by atoms with Crippen molar-refractivity contribution < 1.29 is 9.15 Å². The molecule has 0 aliphatic carbocycles. The van der Waals surface area contributed by atoms with Crippen LogP contribution in [-0.4, -0.2) is 29.1 Å². The van der Waals surface area contributed by atoms with E-state index in [1.54, 1.807) is 11.3 Å². The molecule has 0 saturated carbocycles. The highest BCUT2D eigenvalue weighted by atomic mass is 32.1. The Bertz CT molecular complexity index is 808. The first-order chi connectivity index (χ1) is 12.8. The summed E-state index contributed by atoms with van der Waals surface area (Å²) in [6.45, 7) is 5.53.